The van der Waals surface area contributed by atoms with Gasteiger partial charge in [-0.2, -0.15) is 0 Å². The van der Waals surface area contributed by atoms with Crippen molar-refractivity contribution in [1.29, 1.82) is 0 Å². The van der Waals surface area contributed by atoms with Crippen molar-refractivity contribution in [2.45, 2.75) is 19.3 Å². The minimum absolute atomic E-state index is 0.0175. The van der Waals surface area contributed by atoms with Crippen molar-refractivity contribution in [2.24, 2.45) is 11.8 Å². The minimum atomic E-state index is -0.0927. The Kier molecular flexibility index (Phi) is 5.91. The van der Waals surface area contributed by atoms with E-state index in [9.17, 15) is 9.59 Å². The van der Waals surface area contributed by atoms with Gasteiger partial charge in [0, 0.05) is 45.5 Å². The van der Waals surface area contributed by atoms with Gasteiger partial charge >= 0.3 is 6.03 Å². The molecule has 1 aromatic rings. The van der Waals surface area contributed by atoms with Crippen LogP contribution in [-0.4, -0.2) is 56.7 Å². The molecule has 6 heteroatoms. The predicted octanol–water partition coefficient (Wildman–Crippen LogP) is 1.66. The lowest BCUT2D eigenvalue weighted by molar-refractivity contribution is 0.0963. The molecule has 2 N–H and O–H groups in total. The maximum Gasteiger partial charge on any atom is 0.317 e. The Morgan fingerprint density at radius 1 is 1.28 bits per heavy atom. The largest absolute Gasteiger partial charge is 0.381 e. The molecule has 1 aromatic carbocycles. The SMILES string of the molecule is CNC(=O)c1cccc(CCNC(=O)N2CC[C@@H]([C@@H]3CCOC3)C2)c1. The van der Waals surface area contributed by atoms with Crippen molar-refractivity contribution in [2.75, 3.05) is 39.9 Å². The van der Waals surface area contributed by atoms with Crippen LogP contribution < -0.4 is 10.6 Å². The molecule has 25 heavy (non-hydrogen) atoms. The van der Waals surface area contributed by atoms with E-state index in [1.807, 2.05) is 23.1 Å². The van der Waals surface area contributed by atoms with Crippen LogP contribution in [0.15, 0.2) is 24.3 Å². The summed E-state index contributed by atoms with van der Waals surface area (Å²) in [4.78, 5) is 25.9. The summed E-state index contributed by atoms with van der Waals surface area (Å²) in [6, 6.07) is 7.53. The van der Waals surface area contributed by atoms with Gasteiger partial charge in [-0.15, -0.1) is 0 Å². The number of amides is 3. The molecule has 3 rings (SSSR count). The number of hydrogen-bond donors (Lipinski definition) is 2. The zero-order chi connectivity index (χ0) is 17.6. The monoisotopic (exact) mass is 345 g/mol. The fraction of sp³-hybridized carbons (Fsp3) is 0.579. The third-order valence-corrected chi connectivity index (χ3v) is 5.25. The summed E-state index contributed by atoms with van der Waals surface area (Å²) >= 11 is 0. The highest BCUT2D eigenvalue weighted by Gasteiger charge is 2.33. The van der Waals surface area contributed by atoms with Crippen LogP contribution in [0.3, 0.4) is 0 Å². The van der Waals surface area contributed by atoms with E-state index in [1.165, 1.54) is 0 Å². The number of likely N-dealkylation sites (tertiary alicyclic amines) is 1. The van der Waals surface area contributed by atoms with Crippen LogP contribution in [0.25, 0.3) is 0 Å². The van der Waals surface area contributed by atoms with E-state index < -0.39 is 0 Å². The third kappa shape index (κ3) is 4.51. The van der Waals surface area contributed by atoms with Crippen molar-refractivity contribution in [3.05, 3.63) is 35.4 Å². The Bertz CT molecular complexity index is 614. The first kappa shape index (κ1) is 17.7. The van der Waals surface area contributed by atoms with Crippen molar-refractivity contribution in [3.8, 4) is 0 Å². The standard InChI is InChI=1S/C19H27N3O3/c1-20-18(23)15-4-2-3-14(11-15)5-8-21-19(24)22-9-6-16(12-22)17-7-10-25-13-17/h2-4,11,16-17H,5-10,12-13H2,1H3,(H,20,23)(H,21,24)/t16-,17-/m1/s1. The Balaban J connectivity index is 1.43. The Hall–Kier alpha value is -2.08. The van der Waals surface area contributed by atoms with Crippen LogP contribution in [-0.2, 0) is 11.2 Å². The third-order valence-electron chi connectivity index (χ3n) is 5.25. The molecule has 0 aliphatic carbocycles. The number of rotatable bonds is 5. The van der Waals surface area contributed by atoms with Gasteiger partial charge in [0.1, 0.15) is 0 Å². The highest BCUT2D eigenvalue weighted by Crippen LogP contribution is 2.29. The van der Waals surface area contributed by atoms with Gasteiger partial charge in [0.2, 0.25) is 0 Å². The maximum atomic E-state index is 12.3. The molecule has 0 spiro atoms. The van der Waals surface area contributed by atoms with Gasteiger partial charge in [-0.05, 0) is 48.8 Å². The Morgan fingerprint density at radius 2 is 2.16 bits per heavy atom. The molecule has 0 aromatic heterocycles. The number of carbonyl (C=O) groups is 2. The molecule has 2 heterocycles. The summed E-state index contributed by atoms with van der Waals surface area (Å²) in [5.41, 5.74) is 1.69. The smallest absolute Gasteiger partial charge is 0.317 e. The van der Waals surface area contributed by atoms with E-state index in [-0.39, 0.29) is 11.9 Å². The summed E-state index contributed by atoms with van der Waals surface area (Å²) in [5, 5.41) is 5.62. The van der Waals surface area contributed by atoms with Crippen molar-refractivity contribution in [3.63, 3.8) is 0 Å². The predicted molar refractivity (Wildman–Crippen MR) is 95.5 cm³/mol. The molecule has 3 amide bonds. The first-order chi connectivity index (χ1) is 12.2. The fourth-order valence-corrected chi connectivity index (χ4v) is 3.72. The van der Waals surface area contributed by atoms with E-state index >= 15 is 0 Å². The zero-order valence-electron chi connectivity index (χ0n) is 14.8. The molecule has 2 aliphatic rings. The lowest BCUT2D eigenvalue weighted by atomic mass is 9.91. The second-order valence-corrected chi connectivity index (χ2v) is 6.88. The molecule has 2 saturated heterocycles. The molecule has 0 saturated carbocycles. The number of carbonyl (C=O) groups excluding carboxylic acids is 2. The van der Waals surface area contributed by atoms with Crippen molar-refractivity contribution < 1.29 is 14.3 Å². The topological polar surface area (TPSA) is 70.7 Å². The molecule has 2 aliphatic heterocycles. The highest BCUT2D eigenvalue weighted by atomic mass is 16.5. The molecule has 0 bridgehead atoms. The van der Waals surface area contributed by atoms with Crippen LogP contribution >= 0.6 is 0 Å². The molecule has 136 valence electrons. The molecular formula is C19H27N3O3. The number of nitrogens with one attached hydrogen (secondary N) is 2. The van der Waals surface area contributed by atoms with E-state index in [1.54, 1.807) is 13.1 Å². The maximum absolute atomic E-state index is 12.3. The second kappa shape index (κ2) is 8.34. The Labute approximate surface area is 148 Å². The first-order valence-electron chi connectivity index (χ1n) is 9.09. The van der Waals surface area contributed by atoms with Crippen LogP contribution in [0.1, 0.15) is 28.8 Å². The van der Waals surface area contributed by atoms with Crippen LogP contribution in [0, 0.1) is 11.8 Å². The van der Waals surface area contributed by atoms with Gasteiger partial charge in [-0.1, -0.05) is 12.1 Å². The van der Waals surface area contributed by atoms with Crippen molar-refractivity contribution in [1.82, 2.24) is 15.5 Å². The molecule has 2 fully saturated rings. The summed E-state index contributed by atoms with van der Waals surface area (Å²) in [5.74, 6) is 1.10. The lowest BCUT2D eigenvalue weighted by Gasteiger charge is -2.19. The molecule has 6 nitrogen and oxygen atoms in total. The van der Waals surface area contributed by atoms with Gasteiger partial charge in [0.25, 0.3) is 5.91 Å². The second-order valence-electron chi connectivity index (χ2n) is 6.88. The Morgan fingerprint density at radius 3 is 2.92 bits per heavy atom. The summed E-state index contributed by atoms with van der Waals surface area (Å²) in [6.07, 6.45) is 2.92. The first-order valence-corrected chi connectivity index (χ1v) is 9.09. The lowest BCUT2D eigenvalue weighted by Crippen LogP contribution is -2.39. The minimum Gasteiger partial charge on any atom is -0.381 e. The summed E-state index contributed by atoms with van der Waals surface area (Å²) in [7, 11) is 1.62. The van der Waals surface area contributed by atoms with E-state index in [0.29, 0.717) is 30.4 Å². The van der Waals surface area contributed by atoms with Crippen LogP contribution in [0.5, 0.6) is 0 Å². The van der Waals surface area contributed by atoms with E-state index in [4.69, 9.17) is 4.74 Å². The van der Waals surface area contributed by atoms with Gasteiger partial charge < -0.3 is 20.3 Å². The number of benzene rings is 1. The quantitative estimate of drug-likeness (QED) is 0.853. The van der Waals surface area contributed by atoms with E-state index in [2.05, 4.69) is 10.6 Å². The average Bonchev–Trinajstić information content (AvgIpc) is 3.32. The van der Waals surface area contributed by atoms with Crippen LogP contribution in [0.2, 0.25) is 0 Å². The molecule has 0 radical (unpaired) electrons. The number of nitrogens with zero attached hydrogens (tertiary/aromatic N) is 1. The zero-order valence-corrected chi connectivity index (χ0v) is 14.8. The number of hydrogen-bond acceptors (Lipinski definition) is 3. The fourth-order valence-electron chi connectivity index (χ4n) is 3.72. The highest BCUT2D eigenvalue weighted by molar-refractivity contribution is 5.94. The number of urea groups is 1. The van der Waals surface area contributed by atoms with Gasteiger partial charge in [-0.25, -0.2) is 4.79 Å². The van der Waals surface area contributed by atoms with Gasteiger partial charge in [0.05, 0.1) is 0 Å². The van der Waals surface area contributed by atoms with E-state index in [0.717, 1.165) is 44.7 Å². The normalized spacial score (nSPS) is 22.8. The molecule has 0 unspecified atom stereocenters. The number of ether oxygens (including phenoxy) is 1. The van der Waals surface area contributed by atoms with Gasteiger partial charge in [-0.3, -0.25) is 4.79 Å². The molecular weight excluding hydrogens is 318 g/mol. The summed E-state index contributed by atoms with van der Waals surface area (Å²) < 4.78 is 5.47. The van der Waals surface area contributed by atoms with Crippen molar-refractivity contribution >= 4 is 11.9 Å². The average molecular weight is 345 g/mol. The summed E-state index contributed by atoms with van der Waals surface area (Å²) in [6.45, 7) is 3.96. The molecule has 2 atom stereocenters. The van der Waals surface area contributed by atoms with Gasteiger partial charge in [0.15, 0.2) is 0 Å². The van der Waals surface area contributed by atoms with Crippen LogP contribution in [0.4, 0.5) is 4.79 Å².